The molecule has 2 atom stereocenters. The van der Waals surface area contributed by atoms with Crippen molar-refractivity contribution in [3.8, 4) is 0 Å². The predicted molar refractivity (Wildman–Crippen MR) is 49.5 cm³/mol. The molecule has 0 bridgehead atoms. The van der Waals surface area contributed by atoms with Crippen molar-refractivity contribution in [3.63, 3.8) is 0 Å². The van der Waals surface area contributed by atoms with Gasteiger partial charge in [-0.3, -0.25) is 0 Å². The minimum Gasteiger partial charge on any atom is -0.212 e. The molecule has 0 aromatic heterocycles. The zero-order valence-electron chi connectivity index (χ0n) is 7.95. The van der Waals surface area contributed by atoms with Crippen molar-refractivity contribution in [3.05, 3.63) is 0 Å². The first-order valence-corrected chi connectivity index (χ1v) is 6.26. The summed E-state index contributed by atoms with van der Waals surface area (Å²) in [5, 5.41) is 0. The largest absolute Gasteiger partial charge is 0.212 e. The number of sulfonamides is 1. The van der Waals surface area contributed by atoms with Crippen LogP contribution in [0.5, 0.6) is 0 Å². The smallest absolute Gasteiger partial charge is 0.211 e. The Morgan fingerprint density at radius 2 is 1.58 bits per heavy atom. The van der Waals surface area contributed by atoms with Crippen molar-refractivity contribution in [1.29, 1.82) is 0 Å². The summed E-state index contributed by atoms with van der Waals surface area (Å²) in [4.78, 5) is 0. The van der Waals surface area contributed by atoms with E-state index in [4.69, 9.17) is 0 Å². The summed E-state index contributed by atoms with van der Waals surface area (Å²) in [6.07, 6.45) is 4.44. The molecule has 0 saturated carbocycles. The van der Waals surface area contributed by atoms with Crippen LogP contribution in [0.25, 0.3) is 0 Å². The van der Waals surface area contributed by atoms with Gasteiger partial charge in [0.15, 0.2) is 0 Å². The molecule has 0 amide bonds. The molecule has 0 radical (unpaired) electrons. The van der Waals surface area contributed by atoms with Crippen LogP contribution in [0.4, 0.5) is 0 Å². The summed E-state index contributed by atoms with van der Waals surface area (Å²) in [5.41, 5.74) is 0. The number of hydrogen-bond donors (Lipinski definition) is 0. The van der Waals surface area contributed by atoms with E-state index in [2.05, 4.69) is 0 Å². The summed E-state index contributed by atoms with van der Waals surface area (Å²) in [6.45, 7) is 3.97. The minimum atomic E-state index is -2.99. The Morgan fingerprint density at radius 3 is 1.83 bits per heavy atom. The van der Waals surface area contributed by atoms with Crippen LogP contribution in [0.3, 0.4) is 0 Å². The Hall–Kier alpha value is -0.0900. The number of piperidine rings is 1. The van der Waals surface area contributed by atoms with Crippen LogP contribution in [0.1, 0.15) is 33.1 Å². The minimum absolute atomic E-state index is 0.184. The fourth-order valence-electron chi connectivity index (χ4n) is 2.05. The maximum atomic E-state index is 11.3. The van der Waals surface area contributed by atoms with Gasteiger partial charge in [0.25, 0.3) is 0 Å². The highest BCUT2D eigenvalue weighted by Gasteiger charge is 2.31. The molecule has 0 aromatic rings. The Kier molecular flexibility index (Phi) is 2.78. The normalized spacial score (nSPS) is 33.6. The average Bonchev–Trinajstić information content (AvgIpc) is 1.82. The van der Waals surface area contributed by atoms with Crippen molar-refractivity contribution < 1.29 is 8.42 Å². The fourth-order valence-corrected chi connectivity index (χ4v) is 3.57. The van der Waals surface area contributed by atoms with Crippen molar-refractivity contribution in [2.24, 2.45) is 0 Å². The molecule has 0 N–H and O–H groups in total. The van der Waals surface area contributed by atoms with Gasteiger partial charge in [0, 0.05) is 12.1 Å². The van der Waals surface area contributed by atoms with Gasteiger partial charge in [0.05, 0.1) is 6.26 Å². The quantitative estimate of drug-likeness (QED) is 0.624. The van der Waals surface area contributed by atoms with E-state index in [1.807, 2.05) is 13.8 Å². The monoisotopic (exact) mass is 191 g/mol. The predicted octanol–water partition coefficient (Wildman–Crippen LogP) is 1.21. The molecule has 1 saturated heterocycles. The second-order valence-electron chi connectivity index (χ2n) is 3.72. The molecule has 0 aliphatic carbocycles. The van der Waals surface area contributed by atoms with Crippen LogP contribution in [-0.2, 0) is 10.0 Å². The van der Waals surface area contributed by atoms with Crippen LogP contribution in [0.15, 0.2) is 0 Å². The van der Waals surface area contributed by atoms with E-state index in [0.29, 0.717) is 0 Å². The lowest BCUT2D eigenvalue weighted by Crippen LogP contribution is -2.46. The molecule has 12 heavy (non-hydrogen) atoms. The van der Waals surface area contributed by atoms with Crippen molar-refractivity contribution in [1.82, 2.24) is 4.31 Å². The first-order valence-electron chi connectivity index (χ1n) is 4.41. The molecule has 72 valence electrons. The maximum absolute atomic E-state index is 11.3. The fraction of sp³-hybridized carbons (Fsp3) is 1.00. The highest BCUT2D eigenvalue weighted by Crippen LogP contribution is 2.24. The standard InChI is InChI=1S/C8H17NO2S/c1-7-5-4-6-8(2)9(7)12(3,10)11/h7-8H,4-6H2,1-3H3. The lowest BCUT2D eigenvalue weighted by molar-refractivity contribution is 0.205. The van der Waals surface area contributed by atoms with Gasteiger partial charge in [-0.15, -0.1) is 0 Å². The van der Waals surface area contributed by atoms with Gasteiger partial charge in [0.2, 0.25) is 10.0 Å². The summed E-state index contributed by atoms with van der Waals surface area (Å²) in [6, 6.07) is 0.368. The second-order valence-corrected chi connectivity index (χ2v) is 5.61. The lowest BCUT2D eigenvalue weighted by atomic mass is 10.0. The third-order valence-electron chi connectivity index (χ3n) is 2.50. The van der Waals surface area contributed by atoms with Gasteiger partial charge in [-0.2, -0.15) is 4.31 Å². The van der Waals surface area contributed by atoms with E-state index in [0.717, 1.165) is 19.3 Å². The first kappa shape index (κ1) is 9.99. The van der Waals surface area contributed by atoms with E-state index < -0.39 is 10.0 Å². The lowest BCUT2D eigenvalue weighted by Gasteiger charge is -2.36. The Labute approximate surface area is 74.8 Å². The van der Waals surface area contributed by atoms with Gasteiger partial charge in [-0.05, 0) is 26.7 Å². The summed E-state index contributed by atoms with van der Waals surface area (Å²) >= 11 is 0. The van der Waals surface area contributed by atoms with Crippen molar-refractivity contribution >= 4 is 10.0 Å². The van der Waals surface area contributed by atoms with Crippen LogP contribution < -0.4 is 0 Å². The topological polar surface area (TPSA) is 37.4 Å². The highest BCUT2D eigenvalue weighted by atomic mass is 32.2. The Balaban J connectivity index is 2.84. The second kappa shape index (κ2) is 3.34. The van der Waals surface area contributed by atoms with E-state index >= 15 is 0 Å². The van der Waals surface area contributed by atoms with Crippen LogP contribution >= 0.6 is 0 Å². The molecule has 1 fully saturated rings. The zero-order chi connectivity index (χ0) is 9.35. The van der Waals surface area contributed by atoms with Gasteiger partial charge in [-0.1, -0.05) is 6.42 Å². The van der Waals surface area contributed by atoms with Crippen molar-refractivity contribution in [2.75, 3.05) is 6.26 Å². The molecule has 4 heteroatoms. The number of nitrogens with zero attached hydrogens (tertiary/aromatic N) is 1. The summed E-state index contributed by atoms with van der Waals surface area (Å²) < 4.78 is 24.3. The Bertz CT molecular complexity index is 238. The molecule has 1 aliphatic heterocycles. The van der Waals surface area contributed by atoms with E-state index in [1.165, 1.54) is 6.26 Å². The van der Waals surface area contributed by atoms with Crippen LogP contribution in [-0.4, -0.2) is 31.1 Å². The van der Waals surface area contributed by atoms with Gasteiger partial charge < -0.3 is 0 Å². The highest BCUT2D eigenvalue weighted by molar-refractivity contribution is 7.88. The molecule has 0 spiro atoms. The molecule has 1 rings (SSSR count). The van der Waals surface area contributed by atoms with E-state index in [1.54, 1.807) is 4.31 Å². The first-order chi connectivity index (χ1) is 5.43. The SMILES string of the molecule is CC1CCCC(C)N1S(C)(=O)=O. The Morgan fingerprint density at radius 1 is 1.17 bits per heavy atom. The molecule has 0 aromatic carbocycles. The van der Waals surface area contributed by atoms with E-state index in [9.17, 15) is 8.42 Å². The molecule has 3 nitrogen and oxygen atoms in total. The maximum Gasteiger partial charge on any atom is 0.211 e. The third kappa shape index (κ3) is 1.98. The summed E-state index contributed by atoms with van der Waals surface area (Å²) in [5.74, 6) is 0. The molecular weight excluding hydrogens is 174 g/mol. The number of rotatable bonds is 1. The van der Waals surface area contributed by atoms with Gasteiger partial charge >= 0.3 is 0 Å². The van der Waals surface area contributed by atoms with Gasteiger partial charge in [-0.25, -0.2) is 8.42 Å². The third-order valence-corrected chi connectivity index (χ3v) is 3.98. The molecule has 1 heterocycles. The molecular formula is C8H17NO2S. The zero-order valence-corrected chi connectivity index (χ0v) is 8.76. The van der Waals surface area contributed by atoms with Crippen molar-refractivity contribution in [2.45, 2.75) is 45.2 Å². The van der Waals surface area contributed by atoms with Gasteiger partial charge in [0.1, 0.15) is 0 Å². The number of hydrogen-bond acceptors (Lipinski definition) is 2. The van der Waals surface area contributed by atoms with Crippen LogP contribution in [0.2, 0.25) is 0 Å². The molecule has 1 aliphatic rings. The molecule has 2 unspecified atom stereocenters. The average molecular weight is 191 g/mol. The van der Waals surface area contributed by atoms with E-state index in [-0.39, 0.29) is 12.1 Å². The van der Waals surface area contributed by atoms with Crippen LogP contribution in [0, 0.1) is 0 Å². The summed E-state index contributed by atoms with van der Waals surface area (Å²) in [7, 11) is -2.99.